The number of hydrogen-bond acceptors (Lipinski definition) is 4. The Balaban J connectivity index is 2.18. The van der Waals surface area contributed by atoms with Crippen LogP contribution in [0.2, 0.25) is 0 Å². The highest BCUT2D eigenvalue weighted by Gasteiger charge is 2.15. The number of halogens is 1. The van der Waals surface area contributed by atoms with Gasteiger partial charge in [0.25, 0.3) is 0 Å². The lowest BCUT2D eigenvalue weighted by atomic mass is 10.0. The van der Waals surface area contributed by atoms with E-state index in [1.807, 2.05) is 6.92 Å². The van der Waals surface area contributed by atoms with Gasteiger partial charge < -0.3 is 14.3 Å². The number of benzene rings is 2. The topological polar surface area (TPSA) is 59.7 Å². The Morgan fingerprint density at radius 1 is 1.17 bits per heavy atom. The summed E-state index contributed by atoms with van der Waals surface area (Å²) in [7, 11) is 0. The number of phenols is 1. The van der Waals surface area contributed by atoms with Gasteiger partial charge in [-0.3, -0.25) is 4.79 Å². The Labute approximate surface area is 131 Å². The van der Waals surface area contributed by atoms with Crippen molar-refractivity contribution < 1.29 is 18.7 Å². The second-order valence-electron chi connectivity index (χ2n) is 5.06. The smallest absolute Gasteiger partial charge is 0.200 e. The summed E-state index contributed by atoms with van der Waals surface area (Å²) >= 11 is 0. The van der Waals surface area contributed by atoms with E-state index in [9.17, 15) is 14.3 Å². The fraction of sp³-hybridized carbons (Fsp3) is 0.167. The van der Waals surface area contributed by atoms with E-state index in [0.717, 1.165) is 0 Å². The van der Waals surface area contributed by atoms with E-state index in [0.29, 0.717) is 34.3 Å². The van der Waals surface area contributed by atoms with Gasteiger partial charge in [-0.15, -0.1) is 0 Å². The van der Waals surface area contributed by atoms with Crippen LogP contribution < -0.4 is 5.43 Å². The second-order valence-corrected chi connectivity index (χ2v) is 5.06. The summed E-state index contributed by atoms with van der Waals surface area (Å²) in [4.78, 5) is 12.7. The molecule has 0 aliphatic heterocycles. The first kappa shape index (κ1) is 15.2. The molecule has 1 aromatic heterocycles. The van der Waals surface area contributed by atoms with Gasteiger partial charge in [-0.25, -0.2) is 4.39 Å². The van der Waals surface area contributed by atoms with Crippen molar-refractivity contribution in [2.24, 2.45) is 0 Å². The van der Waals surface area contributed by atoms with Gasteiger partial charge in [0.1, 0.15) is 23.4 Å². The second kappa shape index (κ2) is 6.22. The molecule has 23 heavy (non-hydrogen) atoms. The highest BCUT2D eigenvalue weighted by molar-refractivity contribution is 5.85. The fourth-order valence-electron chi connectivity index (χ4n) is 2.42. The van der Waals surface area contributed by atoms with Crippen molar-refractivity contribution in [3.05, 3.63) is 64.3 Å². The molecular formula is C18H15FO4. The third kappa shape index (κ3) is 2.83. The first-order chi connectivity index (χ1) is 11.1. The van der Waals surface area contributed by atoms with Gasteiger partial charge in [0.05, 0.1) is 23.1 Å². The van der Waals surface area contributed by atoms with E-state index in [-0.39, 0.29) is 23.6 Å². The summed E-state index contributed by atoms with van der Waals surface area (Å²) < 4.78 is 23.9. The Morgan fingerprint density at radius 3 is 2.61 bits per heavy atom. The highest BCUT2D eigenvalue weighted by Crippen LogP contribution is 2.28. The molecule has 0 spiro atoms. The normalized spacial score (nSPS) is 11.0. The average Bonchev–Trinajstić information content (AvgIpc) is 2.55. The van der Waals surface area contributed by atoms with Crippen LogP contribution in [0.1, 0.15) is 12.5 Å². The van der Waals surface area contributed by atoms with Crippen LogP contribution in [0.25, 0.3) is 22.1 Å². The van der Waals surface area contributed by atoms with E-state index in [4.69, 9.17) is 9.15 Å². The molecule has 1 N–H and O–H groups in total. The Kier molecular flexibility index (Phi) is 4.12. The third-order valence-corrected chi connectivity index (χ3v) is 3.63. The van der Waals surface area contributed by atoms with E-state index in [1.54, 1.807) is 0 Å². The van der Waals surface area contributed by atoms with Crippen LogP contribution in [0, 0.1) is 5.82 Å². The Morgan fingerprint density at radius 2 is 1.91 bits per heavy atom. The molecule has 0 bridgehead atoms. The van der Waals surface area contributed by atoms with Gasteiger partial charge in [0, 0.05) is 6.61 Å². The zero-order valence-corrected chi connectivity index (χ0v) is 12.5. The standard InChI is InChI=1S/C18H15FO4/c1-2-22-9-15-16(20)8-7-13-17(21)14(10-23-18(13)15)11-3-5-12(19)6-4-11/h3-8,10,20H,2,9H2,1H3. The lowest BCUT2D eigenvalue weighted by Gasteiger charge is -2.09. The maximum absolute atomic E-state index is 13.0. The van der Waals surface area contributed by atoms with Crippen LogP contribution in [0.5, 0.6) is 5.75 Å². The zero-order valence-electron chi connectivity index (χ0n) is 12.5. The van der Waals surface area contributed by atoms with Gasteiger partial charge >= 0.3 is 0 Å². The molecule has 1 heterocycles. The molecule has 0 unspecified atom stereocenters. The van der Waals surface area contributed by atoms with Gasteiger partial charge in [0.15, 0.2) is 0 Å². The molecular weight excluding hydrogens is 299 g/mol. The number of rotatable bonds is 4. The van der Waals surface area contributed by atoms with Crippen LogP contribution >= 0.6 is 0 Å². The van der Waals surface area contributed by atoms with Gasteiger partial charge in [-0.1, -0.05) is 12.1 Å². The van der Waals surface area contributed by atoms with Crippen molar-refractivity contribution in [3.63, 3.8) is 0 Å². The van der Waals surface area contributed by atoms with Gasteiger partial charge in [-0.2, -0.15) is 0 Å². The van der Waals surface area contributed by atoms with Crippen molar-refractivity contribution in [2.75, 3.05) is 6.61 Å². The quantitative estimate of drug-likeness (QED) is 0.795. The Hall–Kier alpha value is -2.66. The molecule has 0 amide bonds. The molecule has 0 saturated carbocycles. The third-order valence-electron chi connectivity index (χ3n) is 3.63. The minimum atomic E-state index is -0.372. The van der Waals surface area contributed by atoms with E-state index >= 15 is 0 Å². The lowest BCUT2D eigenvalue weighted by Crippen LogP contribution is -2.06. The first-order valence-electron chi connectivity index (χ1n) is 7.22. The molecule has 0 aliphatic carbocycles. The summed E-state index contributed by atoms with van der Waals surface area (Å²) in [6, 6.07) is 8.58. The highest BCUT2D eigenvalue weighted by atomic mass is 19.1. The summed E-state index contributed by atoms with van der Waals surface area (Å²) in [6.45, 7) is 2.47. The van der Waals surface area contributed by atoms with E-state index in [1.165, 1.54) is 42.7 Å². The predicted molar refractivity (Wildman–Crippen MR) is 84.9 cm³/mol. The van der Waals surface area contributed by atoms with Gasteiger partial charge in [-0.05, 0) is 36.8 Å². The Bertz CT molecular complexity index is 897. The molecule has 0 fully saturated rings. The number of aromatic hydroxyl groups is 1. The minimum absolute atomic E-state index is 0.0173. The maximum Gasteiger partial charge on any atom is 0.200 e. The van der Waals surface area contributed by atoms with Crippen LogP contribution in [-0.4, -0.2) is 11.7 Å². The molecule has 5 heteroatoms. The van der Waals surface area contributed by atoms with Crippen molar-refractivity contribution in [1.82, 2.24) is 0 Å². The molecule has 0 aliphatic rings. The molecule has 118 valence electrons. The summed E-state index contributed by atoms with van der Waals surface area (Å²) in [5.41, 5.74) is 1.41. The maximum atomic E-state index is 13.0. The van der Waals surface area contributed by atoms with Crippen LogP contribution in [0.3, 0.4) is 0 Å². The minimum Gasteiger partial charge on any atom is -0.507 e. The number of fused-ring (bicyclic) bond motifs is 1. The molecule has 0 radical (unpaired) electrons. The lowest BCUT2D eigenvalue weighted by molar-refractivity contribution is 0.132. The van der Waals surface area contributed by atoms with E-state index < -0.39 is 0 Å². The first-order valence-corrected chi connectivity index (χ1v) is 7.22. The largest absolute Gasteiger partial charge is 0.507 e. The summed E-state index contributed by atoms with van der Waals surface area (Å²) in [5, 5.41) is 10.3. The molecule has 2 aromatic carbocycles. The van der Waals surface area contributed by atoms with Crippen molar-refractivity contribution in [1.29, 1.82) is 0 Å². The molecule has 3 aromatic rings. The predicted octanol–water partition coefficient (Wildman–Crippen LogP) is 3.84. The van der Waals surface area contributed by atoms with Crippen LogP contribution in [0.4, 0.5) is 4.39 Å². The SMILES string of the molecule is CCOCc1c(O)ccc2c(=O)c(-c3ccc(F)cc3)coc12. The van der Waals surface area contributed by atoms with Crippen molar-refractivity contribution in [2.45, 2.75) is 13.5 Å². The van der Waals surface area contributed by atoms with Crippen molar-refractivity contribution in [3.8, 4) is 16.9 Å². The summed E-state index contributed by atoms with van der Waals surface area (Å²) in [5.74, 6) is -0.355. The van der Waals surface area contributed by atoms with E-state index in [2.05, 4.69) is 0 Å². The zero-order chi connectivity index (χ0) is 16.4. The van der Waals surface area contributed by atoms with Crippen LogP contribution in [0.15, 0.2) is 51.9 Å². The van der Waals surface area contributed by atoms with Crippen LogP contribution in [-0.2, 0) is 11.3 Å². The summed E-state index contributed by atoms with van der Waals surface area (Å²) in [6.07, 6.45) is 1.33. The fourth-order valence-corrected chi connectivity index (χ4v) is 2.42. The molecule has 4 nitrogen and oxygen atoms in total. The molecule has 0 atom stereocenters. The van der Waals surface area contributed by atoms with Crippen molar-refractivity contribution >= 4 is 11.0 Å². The molecule has 3 rings (SSSR count). The number of phenolic OH excluding ortho intramolecular Hbond substituents is 1. The van der Waals surface area contributed by atoms with Gasteiger partial charge in [0.2, 0.25) is 5.43 Å². The molecule has 0 saturated heterocycles. The number of hydrogen-bond donors (Lipinski definition) is 1. The average molecular weight is 314 g/mol. The number of ether oxygens (including phenoxy) is 1. The monoisotopic (exact) mass is 314 g/mol.